The molecule has 0 aromatic carbocycles. The summed E-state index contributed by atoms with van der Waals surface area (Å²) in [5.41, 5.74) is 0.361. The number of hydrogen-bond acceptors (Lipinski definition) is 2. The van der Waals surface area contributed by atoms with Crippen molar-refractivity contribution in [1.29, 1.82) is 0 Å². The van der Waals surface area contributed by atoms with Crippen LogP contribution in [0.4, 0.5) is 0 Å². The van der Waals surface area contributed by atoms with E-state index in [1.807, 2.05) is 0 Å². The molecule has 0 aromatic heterocycles. The van der Waals surface area contributed by atoms with Crippen LogP contribution < -0.4 is 5.32 Å². The van der Waals surface area contributed by atoms with Crippen LogP contribution in [0.15, 0.2) is 0 Å². The molecule has 3 nitrogen and oxygen atoms in total. The van der Waals surface area contributed by atoms with Gasteiger partial charge in [0.25, 0.3) is 0 Å². The predicted octanol–water partition coefficient (Wildman–Crippen LogP) is 3.04. The summed E-state index contributed by atoms with van der Waals surface area (Å²) in [4.78, 5) is 11.1. The van der Waals surface area contributed by atoms with Gasteiger partial charge in [-0.15, -0.1) is 0 Å². The molecule has 1 aliphatic carbocycles. The van der Waals surface area contributed by atoms with Crippen molar-refractivity contribution in [2.75, 3.05) is 0 Å². The van der Waals surface area contributed by atoms with Crippen molar-refractivity contribution in [1.82, 2.24) is 5.32 Å². The van der Waals surface area contributed by atoms with Gasteiger partial charge < -0.3 is 10.4 Å². The molecule has 1 rings (SSSR count). The molecular formula is C14H27NO2. The Balaban J connectivity index is 2.32. The summed E-state index contributed by atoms with van der Waals surface area (Å²) < 4.78 is 0. The maximum Gasteiger partial charge on any atom is 0.320 e. The highest BCUT2D eigenvalue weighted by atomic mass is 16.4. The normalized spacial score (nSPS) is 26.4. The molecule has 1 atom stereocenters. The summed E-state index contributed by atoms with van der Waals surface area (Å²) in [6.45, 7) is 8.89. The van der Waals surface area contributed by atoms with Crippen LogP contribution in [-0.4, -0.2) is 23.2 Å². The molecule has 0 saturated heterocycles. The third-order valence-corrected chi connectivity index (χ3v) is 3.94. The summed E-state index contributed by atoms with van der Waals surface area (Å²) in [6.07, 6.45) is 5.04. The van der Waals surface area contributed by atoms with Crippen molar-refractivity contribution < 1.29 is 9.90 Å². The molecule has 1 saturated carbocycles. The minimum atomic E-state index is -0.697. The third kappa shape index (κ3) is 4.30. The van der Waals surface area contributed by atoms with Crippen molar-refractivity contribution in [3.63, 3.8) is 0 Å². The van der Waals surface area contributed by atoms with E-state index in [2.05, 4.69) is 33.0 Å². The van der Waals surface area contributed by atoms with E-state index in [9.17, 15) is 4.79 Å². The molecule has 0 heterocycles. The smallest absolute Gasteiger partial charge is 0.320 e. The van der Waals surface area contributed by atoms with Gasteiger partial charge in [-0.1, -0.05) is 40.5 Å². The minimum Gasteiger partial charge on any atom is -0.480 e. The van der Waals surface area contributed by atoms with Crippen LogP contribution in [0.1, 0.15) is 59.8 Å². The van der Waals surface area contributed by atoms with Gasteiger partial charge in [-0.3, -0.25) is 4.79 Å². The van der Waals surface area contributed by atoms with Crippen LogP contribution in [-0.2, 0) is 4.79 Å². The Morgan fingerprint density at radius 3 is 2.41 bits per heavy atom. The average Bonchev–Trinajstić information content (AvgIpc) is 2.12. The van der Waals surface area contributed by atoms with E-state index in [1.165, 1.54) is 0 Å². The topological polar surface area (TPSA) is 49.3 Å². The summed E-state index contributed by atoms with van der Waals surface area (Å²) in [7, 11) is 0. The maximum absolute atomic E-state index is 11.1. The summed E-state index contributed by atoms with van der Waals surface area (Å²) in [5.74, 6) is 0.0401. The highest BCUT2D eigenvalue weighted by Gasteiger charge is 2.38. The number of rotatable bonds is 6. The zero-order chi connectivity index (χ0) is 13.1. The lowest BCUT2D eigenvalue weighted by atomic mass is 9.66. The van der Waals surface area contributed by atoms with Crippen LogP contribution in [0, 0.1) is 11.3 Å². The van der Waals surface area contributed by atoms with Crippen LogP contribution in [0.5, 0.6) is 0 Å². The largest absolute Gasteiger partial charge is 0.480 e. The van der Waals surface area contributed by atoms with Crippen molar-refractivity contribution in [3.05, 3.63) is 0 Å². The molecule has 100 valence electrons. The third-order valence-electron chi connectivity index (χ3n) is 3.94. The van der Waals surface area contributed by atoms with E-state index in [0.717, 1.165) is 38.0 Å². The predicted molar refractivity (Wildman–Crippen MR) is 70.1 cm³/mol. The Morgan fingerprint density at radius 1 is 1.41 bits per heavy atom. The molecule has 1 aliphatic rings. The zero-order valence-electron chi connectivity index (χ0n) is 11.6. The molecule has 0 bridgehead atoms. The molecular weight excluding hydrogens is 214 g/mol. The first-order valence-corrected chi connectivity index (χ1v) is 6.83. The Labute approximate surface area is 105 Å². The van der Waals surface area contributed by atoms with Crippen molar-refractivity contribution in [2.45, 2.75) is 71.9 Å². The molecule has 2 N–H and O–H groups in total. The van der Waals surface area contributed by atoms with Gasteiger partial charge in [0.2, 0.25) is 0 Å². The lowest BCUT2D eigenvalue weighted by molar-refractivity contribution is -0.140. The first-order valence-electron chi connectivity index (χ1n) is 6.83. The molecule has 3 heteroatoms. The Kier molecular flexibility index (Phi) is 4.99. The summed E-state index contributed by atoms with van der Waals surface area (Å²) in [6, 6.07) is 0.0676. The zero-order valence-corrected chi connectivity index (χ0v) is 11.6. The van der Waals surface area contributed by atoms with Gasteiger partial charge in [0.1, 0.15) is 6.04 Å². The van der Waals surface area contributed by atoms with Crippen molar-refractivity contribution in [2.24, 2.45) is 11.3 Å². The number of carboxylic acid groups (broad SMARTS) is 1. The fraction of sp³-hybridized carbons (Fsp3) is 0.929. The molecule has 1 unspecified atom stereocenters. The Hall–Kier alpha value is -0.570. The monoisotopic (exact) mass is 241 g/mol. The van der Waals surface area contributed by atoms with Gasteiger partial charge in [-0.25, -0.2) is 0 Å². The lowest BCUT2D eigenvalue weighted by Gasteiger charge is -2.45. The van der Waals surface area contributed by atoms with Gasteiger partial charge in [-0.05, 0) is 30.6 Å². The lowest BCUT2D eigenvalue weighted by Crippen LogP contribution is -2.51. The van der Waals surface area contributed by atoms with Gasteiger partial charge >= 0.3 is 5.97 Å². The molecule has 0 spiro atoms. The first kappa shape index (κ1) is 14.5. The van der Waals surface area contributed by atoms with E-state index in [4.69, 9.17) is 5.11 Å². The minimum absolute atomic E-state index is 0.346. The summed E-state index contributed by atoms with van der Waals surface area (Å²) >= 11 is 0. The second-order valence-corrected chi connectivity index (χ2v) is 6.43. The van der Waals surface area contributed by atoms with E-state index in [0.29, 0.717) is 11.5 Å². The molecule has 0 radical (unpaired) electrons. The maximum atomic E-state index is 11.1. The Morgan fingerprint density at radius 2 is 2.00 bits per heavy atom. The van der Waals surface area contributed by atoms with Crippen LogP contribution in [0.2, 0.25) is 0 Å². The van der Waals surface area contributed by atoms with E-state index >= 15 is 0 Å². The highest BCUT2D eigenvalue weighted by molar-refractivity contribution is 5.73. The molecule has 1 fully saturated rings. The number of hydrogen-bond donors (Lipinski definition) is 2. The van der Waals surface area contributed by atoms with Crippen LogP contribution in [0.25, 0.3) is 0 Å². The second-order valence-electron chi connectivity index (χ2n) is 6.43. The fourth-order valence-corrected chi connectivity index (χ4v) is 2.43. The summed E-state index contributed by atoms with van der Waals surface area (Å²) in [5, 5.41) is 12.4. The van der Waals surface area contributed by atoms with Crippen LogP contribution >= 0.6 is 0 Å². The average molecular weight is 241 g/mol. The number of nitrogens with one attached hydrogen (secondary N) is 1. The molecule has 0 amide bonds. The van der Waals surface area contributed by atoms with E-state index in [1.54, 1.807) is 0 Å². The van der Waals surface area contributed by atoms with Gasteiger partial charge in [0, 0.05) is 6.04 Å². The standard InChI is InChI=1S/C14H27NO2/c1-5-6-7-12(13(16)17)15-11-8-10(9-11)14(2,3)4/h10-12,15H,5-9H2,1-4H3,(H,16,17). The number of carbonyl (C=O) groups is 1. The number of carboxylic acids is 1. The van der Waals surface area contributed by atoms with Crippen molar-refractivity contribution >= 4 is 5.97 Å². The van der Waals surface area contributed by atoms with E-state index in [-0.39, 0.29) is 6.04 Å². The van der Waals surface area contributed by atoms with Gasteiger partial charge in [0.05, 0.1) is 0 Å². The highest BCUT2D eigenvalue weighted by Crippen LogP contribution is 2.41. The van der Waals surface area contributed by atoms with E-state index < -0.39 is 5.97 Å². The Bertz CT molecular complexity index is 251. The van der Waals surface area contributed by atoms with Gasteiger partial charge in [-0.2, -0.15) is 0 Å². The first-order chi connectivity index (χ1) is 7.84. The SMILES string of the molecule is CCCCC(NC1CC(C(C)(C)C)C1)C(=O)O. The number of aliphatic carboxylic acids is 1. The molecule has 0 aromatic rings. The quantitative estimate of drug-likeness (QED) is 0.751. The second kappa shape index (κ2) is 5.85. The molecule has 0 aliphatic heterocycles. The molecule has 17 heavy (non-hydrogen) atoms. The van der Waals surface area contributed by atoms with Crippen molar-refractivity contribution in [3.8, 4) is 0 Å². The fourth-order valence-electron chi connectivity index (χ4n) is 2.43. The van der Waals surface area contributed by atoms with Gasteiger partial charge in [0.15, 0.2) is 0 Å². The number of unbranched alkanes of at least 4 members (excludes halogenated alkanes) is 1. The van der Waals surface area contributed by atoms with Crippen LogP contribution in [0.3, 0.4) is 0 Å².